The SMILES string of the molecule is COc1ccc(CN2CCCN(Cc3ccc(OC)cc3)C2c2c(O)ccc3ccccc23)cc1. The van der Waals surface area contributed by atoms with Crippen LogP contribution in [0.2, 0.25) is 0 Å². The van der Waals surface area contributed by atoms with Crippen molar-refractivity contribution < 1.29 is 14.6 Å². The second-order valence-corrected chi connectivity index (χ2v) is 9.08. The van der Waals surface area contributed by atoms with Crippen LogP contribution in [-0.2, 0) is 13.1 Å². The molecule has 1 heterocycles. The van der Waals surface area contributed by atoms with Gasteiger partial charge in [0.2, 0.25) is 0 Å². The maximum absolute atomic E-state index is 11.2. The lowest BCUT2D eigenvalue weighted by molar-refractivity contribution is -0.00941. The van der Waals surface area contributed by atoms with Crippen molar-refractivity contribution in [3.63, 3.8) is 0 Å². The van der Waals surface area contributed by atoms with E-state index in [4.69, 9.17) is 9.47 Å². The van der Waals surface area contributed by atoms with Gasteiger partial charge in [0.15, 0.2) is 0 Å². The zero-order valence-electron chi connectivity index (χ0n) is 20.4. The number of aromatic hydroxyl groups is 1. The van der Waals surface area contributed by atoms with Gasteiger partial charge >= 0.3 is 0 Å². The molecule has 0 bridgehead atoms. The molecule has 1 aliphatic heterocycles. The minimum absolute atomic E-state index is 0.0564. The topological polar surface area (TPSA) is 45.2 Å². The Hall–Kier alpha value is -3.54. The summed E-state index contributed by atoms with van der Waals surface area (Å²) in [4.78, 5) is 4.96. The summed E-state index contributed by atoms with van der Waals surface area (Å²) in [7, 11) is 3.38. The summed E-state index contributed by atoms with van der Waals surface area (Å²) in [5.74, 6) is 2.06. The highest BCUT2D eigenvalue weighted by Crippen LogP contribution is 2.40. The molecular weight excluding hydrogens is 436 g/mol. The Labute approximate surface area is 207 Å². The molecule has 5 heteroatoms. The number of benzene rings is 4. The van der Waals surface area contributed by atoms with E-state index in [0.717, 1.165) is 60.4 Å². The summed E-state index contributed by atoms with van der Waals surface area (Å²) in [6.07, 6.45) is 1.01. The van der Waals surface area contributed by atoms with Gasteiger partial charge in [-0.15, -0.1) is 0 Å². The van der Waals surface area contributed by atoms with Crippen LogP contribution in [0.5, 0.6) is 17.2 Å². The van der Waals surface area contributed by atoms with E-state index < -0.39 is 0 Å². The minimum Gasteiger partial charge on any atom is -0.508 e. The first-order chi connectivity index (χ1) is 17.2. The molecule has 0 aromatic heterocycles. The highest BCUT2D eigenvalue weighted by atomic mass is 16.5. The van der Waals surface area contributed by atoms with Crippen LogP contribution in [0.1, 0.15) is 29.3 Å². The van der Waals surface area contributed by atoms with Crippen LogP contribution in [0.15, 0.2) is 84.9 Å². The fraction of sp³-hybridized carbons (Fsp3) is 0.267. The van der Waals surface area contributed by atoms with Crippen molar-refractivity contribution in [2.45, 2.75) is 25.7 Å². The van der Waals surface area contributed by atoms with E-state index in [-0.39, 0.29) is 6.17 Å². The molecular formula is C30H32N2O3. The second kappa shape index (κ2) is 10.4. The van der Waals surface area contributed by atoms with Crippen molar-refractivity contribution in [2.24, 2.45) is 0 Å². The standard InChI is InChI=1S/C30H32N2O3/c1-34-25-13-8-22(9-14-25)20-31-18-5-19-32(21-23-10-15-26(35-2)16-11-23)30(31)29-27-7-4-3-6-24(27)12-17-28(29)33/h3-4,6-17,30,33H,5,18-21H2,1-2H3. The predicted octanol–water partition coefficient (Wildman–Crippen LogP) is 5.97. The molecule has 0 aliphatic carbocycles. The lowest BCUT2D eigenvalue weighted by atomic mass is 9.97. The summed E-state index contributed by atoms with van der Waals surface area (Å²) in [6, 6.07) is 28.7. The molecule has 4 aromatic carbocycles. The van der Waals surface area contributed by atoms with Gasteiger partial charge in [0, 0.05) is 31.7 Å². The number of phenols is 1. The average Bonchev–Trinajstić information content (AvgIpc) is 2.90. The normalized spacial score (nSPS) is 15.4. The van der Waals surface area contributed by atoms with Gasteiger partial charge < -0.3 is 14.6 Å². The van der Waals surface area contributed by atoms with Crippen molar-refractivity contribution in [2.75, 3.05) is 27.3 Å². The summed E-state index contributed by atoms with van der Waals surface area (Å²) in [6.45, 7) is 3.49. The van der Waals surface area contributed by atoms with Gasteiger partial charge in [-0.25, -0.2) is 0 Å². The predicted molar refractivity (Wildman–Crippen MR) is 140 cm³/mol. The summed E-state index contributed by atoms with van der Waals surface area (Å²) in [5.41, 5.74) is 3.42. The smallest absolute Gasteiger partial charge is 0.122 e. The summed E-state index contributed by atoms with van der Waals surface area (Å²) < 4.78 is 10.7. The van der Waals surface area contributed by atoms with Crippen LogP contribution in [0.25, 0.3) is 10.8 Å². The molecule has 35 heavy (non-hydrogen) atoms. The van der Waals surface area contributed by atoms with Gasteiger partial charge in [0.1, 0.15) is 17.2 Å². The molecule has 0 atom stereocenters. The second-order valence-electron chi connectivity index (χ2n) is 9.08. The van der Waals surface area contributed by atoms with E-state index in [0.29, 0.717) is 5.75 Å². The summed E-state index contributed by atoms with van der Waals surface area (Å²) in [5, 5.41) is 13.4. The van der Waals surface area contributed by atoms with E-state index >= 15 is 0 Å². The molecule has 4 aromatic rings. The number of nitrogens with zero attached hydrogens (tertiary/aromatic N) is 2. The molecule has 1 saturated heterocycles. The Bertz CT molecular complexity index is 1210. The lowest BCUT2D eigenvalue weighted by Crippen LogP contribution is -2.47. The lowest BCUT2D eigenvalue weighted by Gasteiger charge is -2.45. The van der Waals surface area contributed by atoms with E-state index in [1.54, 1.807) is 14.2 Å². The first-order valence-corrected chi connectivity index (χ1v) is 12.1. The molecule has 0 unspecified atom stereocenters. The van der Waals surface area contributed by atoms with Gasteiger partial charge in [-0.3, -0.25) is 9.80 Å². The van der Waals surface area contributed by atoms with Crippen molar-refractivity contribution in [1.82, 2.24) is 9.80 Å². The molecule has 1 fully saturated rings. The Kier molecular flexibility index (Phi) is 6.89. The number of rotatable bonds is 7. The zero-order valence-corrected chi connectivity index (χ0v) is 20.4. The van der Waals surface area contributed by atoms with Crippen LogP contribution >= 0.6 is 0 Å². The zero-order chi connectivity index (χ0) is 24.2. The molecule has 0 saturated carbocycles. The quantitative estimate of drug-likeness (QED) is 0.362. The van der Waals surface area contributed by atoms with Crippen LogP contribution in [0.3, 0.4) is 0 Å². The van der Waals surface area contributed by atoms with E-state index in [2.05, 4.69) is 52.3 Å². The van der Waals surface area contributed by atoms with E-state index in [1.165, 1.54) is 11.1 Å². The maximum Gasteiger partial charge on any atom is 0.122 e. The summed E-state index contributed by atoms with van der Waals surface area (Å²) >= 11 is 0. The number of phenolic OH excluding ortho intramolecular Hbond substituents is 1. The molecule has 1 aliphatic rings. The maximum atomic E-state index is 11.2. The Morgan fingerprint density at radius 3 is 1.80 bits per heavy atom. The first kappa shape index (κ1) is 23.2. The molecule has 0 amide bonds. The van der Waals surface area contributed by atoms with Gasteiger partial charge in [-0.05, 0) is 58.7 Å². The van der Waals surface area contributed by atoms with Crippen LogP contribution < -0.4 is 9.47 Å². The van der Waals surface area contributed by atoms with Crippen LogP contribution in [0.4, 0.5) is 0 Å². The van der Waals surface area contributed by atoms with Gasteiger partial charge in [0.05, 0.1) is 20.4 Å². The first-order valence-electron chi connectivity index (χ1n) is 12.1. The van der Waals surface area contributed by atoms with Crippen molar-refractivity contribution >= 4 is 10.8 Å². The van der Waals surface area contributed by atoms with E-state index in [1.807, 2.05) is 42.5 Å². The fourth-order valence-corrected chi connectivity index (χ4v) is 5.13. The fourth-order valence-electron chi connectivity index (χ4n) is 5.13. The van der Waals surface area contributed by atoms with Crippen molar-refractivity contribution in [3.05, 3.63) is 102 Å². The largest absolute Gasteiger partial charge is 0.508 e. The third-order valence-electron chi connectivity index (χ3n) is 6.88. The van der Waals surface area contributed by atoms with Crippen molar-refractivity contribution in [3.8, 4) is 17.2 Å². The highest BCUT2D eigenvalue weighted by Gasteiger charge is 2.33. The molecule has 5 nitrogen and oxygen atoms in total. The Balaban J connectivity index is 1.55. The van der Waals surface area contributed by atoms with Crippen LogP contribution in [0, 0.1) is 0 Å². The van der Waals surface area contributed by atoms with Gasteiger partial charge in [0.25, 0.3) is 0 Å². The third kappa shape index (κ3) is 4.97. The molecule has 5 rings (SSSR count). The van der Waals surface area contributed by atoms with Gasteiger partial charge in [-0.1, -0.05) is 54.6 Å². The van der Waals surface area contributed by atoms with Crippen LogP contribution in [-0.4, -0.2) is 42.2 Å². The average molecular weight is 469 g/mol. The van der Waals surface area contributed by atoms with Gasteiger partial charge in [-0.2, -0.15) is 0 Å². The minimum atomic E-state index is -0.0564. The number of fused-ring (bicyclic) bond motifs is 1. The number of ether oxygens (including phenoxy) is 2. The molecule has 180 valence electrons. The number of hydrogen-bond acceptors (Lipinski definition) is 5. The highest BCUT2D eigenvalue weighted by molar-refractivity contribution is 5.88. The number of methoxy groups -OCH3 is 2. The van der Waals surface area contributed by atoms with E-state index in [9.17, 15) is 5.11 Å². The Morgan fingerprint density at radius 2 is 1.26 bits per heavy atom. The van der Waals surface area contributed by atoms with Crippen molar-refractivity contribution in [1.29, 1.82) is 0 Å². The number of hydrogen-bond donors (Lipinski definition) is 1. The molecule has 0 radical (unpaired) electrons. The monoisotopic (exact) mass is 468 g/mol. The molecule has 0 spiro atoms. The molecule has 1 N–H and O–H groups in total. The third-order valence-corrected chi connectivity index (χ3v) is 6.88. The Morgan fingerprint density at radius 1 is 0.714 bits per heavy atom.